The lowest BCUT2D eigenvalue weighted by molar-refractivity contribution is -0.138. The summed E-state index contributed by atoms with van der Waals surface area (Å²) in [5, 5.41) is 0.514. The molecule has 0 saturated carbocycles. The van der Waals surface area contributed by atoms with Gasteiger partial charge in [-0.1, -0.05) is 29.8 Å². The highest BCUT2D eigenvalue weighted by Crippen LogP contribution is 2.42. The van der Waals surface area contributed by atoms with Gasteiger partial charge >= 0.3 is 12.1 Å². The van der Waals surface area contributed by atoms with E-state index in [1.54, 1.807) is 24.3 Å². The number of hydrogen-bond acceptors (Lipinski definition) is 3. The molecule has 0 spiro atoms. The number of amides is 1. The summed E-state index contributed by atoms with van der Waals surface area (Å²) in [5.41, 5.74) is 0.470. The van der Waals surface area contributed by atoms with Crippen molar-refractivity contribution in [1.29, 1.82) is 0 Å². The highest BCUT2D eigenvalue weighted by Gasteiger charge is 2.43. The fourth-order valence-electron chi connectivity index (χ4n) is 3.55. The number of carbonyl (C=O) groups excluding carboxylic acids is 2. The van der Waals surface area contributed by atoms with Crippen LogP contribution in [0.15, 0.2) is 59.8 Å². The minimum atomic E-state index is -4.54. The smallest absolute Gasteiger partial charge is 0.416 e. The summed E-state index contributed by atoms with van der Waals surface area (Å²) in [4.78, 5) is 26.4. The number of benzene rings is 2. The van der Waals surface area contributed by atoms with Crippen molar-refractivity contribution in [3.8, 4) is 0 Å². The summed E-state index contributed by atoms with van der Waals surface area (Å²) in [6.07, 6.45) is -4.61. The largest absolute Gasteiger partial charge is 0.456 e. The van der Waals surface area contributed by atoms with Gasteiger partial charge in [0.2, 0.25) is 5.91 Å². The van der Waals surface area contributed by atoms with E-state index in [-0.39, 0.29) is 24.4 Å². The predicted molar refractivity (Wildman–Crippen MR) is 95.7 cm³/mol. The van der Waals surface area contributed by atoms with Gasteiger partial charge in [0.05, 0.1) is 16.8 Å². The van der Waals surface area contributed by atoms with Gasteiger partial charge < -0.3 is 4.74 Å². The average Bonchev–Trinajstić information content (AvgIpc) is 3.03. The van der Waals surface area contributed by atoms with E-state index in [9.17, 15) is 22.8 Å². The fourth-order valence-corrected chi connectivity index (χ4v) is 3.68. The lowest BCUT2D eigenvalue weighted by atomic mass is 9.84. The Morgan fingerprint density at radius 3 is 2.46 bits per heavy atom. The van der Waals surface area contributed by atoms with Crippen molar-refractivity contribution in [2.75, 3.05) is 11.5 Å². The Morgan fingerprint density at radius 1 is 1.07 bits per heavy atom. The molecule has 0 aliphatic carbocycles. The molecule has 8 heteroatoms. The number of hydrogen-bond donors (Lipinski definition) is 0. The Hall–Kier alpha value is -2.80. The topological polar surface area (TPSA) is 46.6 Å². The Bertz CT molecular complexity index is 999. The van der Waals surface area contributed by atoms with Gasteiger partial charge in [0.15, 0.2) is 0 Å². The van der Waals surface area contributed by atoms with E-state index in [0.717, 1.165) is 17.0 Å². The lowest BCUT2D eigenvalue weighted by Crippen LogP contribution is -2.37. The molecule has 0 fully saturated rings. The van der Waals surface area contributed by atoms with Crippen molar-refractivity contribution in [2.45, 2.75) is 18.5 Å². The van der Waals surface area contributed by atoms with Crippen LogP contribution in [0.3, 0.4) is 0 Å². The standard InChI is InChI=1S/C20H13ClF3NO3/c21-13-6-4-11(5-7-13)15-9-17(26)25(16-10-28-19(27)18(15)16)14-3-1-2-12(8-14)20(22,23)24/h1-8,15H,9-10H2/t15-/m0/s1. The highest BCUT2D eigenvalue weighted by atomic mass is 35.5. The lowest BCUT2D eigenvalue weighted by Gasteiger charge is -2.32. The van der Waals surface area contributed by atoms with Crippen LogP contribution in [0.5, 0.6) is 0 Å². The molecule has 2 heterocycles. The van der Waals surface area contributed by atoms with Gasteiger partial charge in [-0.15, -0.1) is 0 Å². The number of nitrogens with zero attached hydrogens (tertiary/aromatic N) is 1. The zero-order valence-corrected chi connectivity index (χ0v) is 15.1. The van der Waals surface area contributed by atoms with E-state index in [1.807, 2.05) is 0 Å². The van der Waals surface area contributed by atoms with Crippen molar-refractivity contribution < 1.29 is 27.5 Å². The molecular weight excluding hydrogens is 395 g/mol. The van der Waals surface area contributed by atoms with Crippen molar-refractivity contribution in [1.82, 2.24) is 0 Å². The third kappa shape index (κ3) is 3.16. The number of carbonyl (C=O) groups is 2. The molecule has 4 nitrogen and oxygen atoms in total. The van der Waals surface area contributed by atoms with E-state index >= 15 is 0 Å². The van der Waals surface area contributed by atoms with Crippen LogP contribution >= 0.6 is 11.6 Å². The normalized spacial score (nSPS) is 19.7. The first-order chi connectivity index (χ1) is 13.3. The van der Waals surface area contributed by atoms with Crippen LogP contribution in [0, 0.1) is 0 Å². The van der Waals surface area contributed by atoms with Crippen molar-refractivity contribution in [2.24, 2.45) is 0 Å². The Morgan fingerprint density at radius 2 is 1.79 bits per heavy atom. The Labute approximate surface area is 163 Å². The average molecular weight is 408 g/mol. The molecule has 1 atom stereocenters. The number of cyclic esters (lactones) is 1. The Balaban J connectivity index is 1.81. The molecule has 2 aliphatic rings. The maximum atomic E-state index is 13.1. The van der Waals surface area contributed by atoms with Crippen LogP contribution in [0.4, 0.5) is 18.9 Å². The summed E-state index contributed by atoms with van der Waals surface area (Å²) in [6, 6.07) is 11.2. The second-order valence-corrected chi connectivity index (χ2v) is 6.96. The second kappa shape index (κ2) is 6.67. The van der Waals surface area contributed by atoms with Gasteiger partial charge in [-0.25, -0.2) is 4.79 Å². The number of alkyl halides is 3. The molecule has 0 saturated heterocycles. The number of anilines is 1. The quantitative estimate of drug-likeness (QED) is 0.678. The number of esters is 1. The molecule has 0 aromatic heterocycles. The van der Waals surface area contributed by atoms with E-state index < -0.39 is 29.5 Å². The van der Waals surface area contributed by atoms with Gasteiger partial charge in [0.1, 0.15) is 6.61 Å². The van der Waals surface area contributed by atoms with Crippen molar-refractivity contribution in [3.05, 3.63) is 76.0 Å². The van der Waals surface area contributed by atoms with E-state index in [0.29, 0.717) is 16.2 Å². The third-order valence-corrected chi connectivity index (χ3v) is 5.07. The molecule has 28 heavy (non-hydrogen) atoms. The second-order valence-electron chi connectivity index (χ2n) is 6.52. The summed E-state index contributed by atoms with van der Waals surface area (Å²) >= 11 is 5.90. The molecule has 0 N–H and O–H groups in total. The van der Waals surface area contributed by atoms with E-state index in [2.05, 4.69) is 0 Å². The van der Waals surface area contributed by atoms with Crippen LogP contribution in [0.1, 0.15) is 23.5 Å². The maximum Gasteiger partial charge on any atom is 0.416 e. The van der Waals surface area contributed by atoms with Crippen LogP contribution in [0.2, 0.25) is 5.02 Å². The highest BCUT2D eigenvalue weighted by molar-refractivity contribution is 6.30. The van der Waals surface area contributed by atoms with Crippen molar-refractivity contribution >= 4 is 29.2 Å². The minimum Gasteiger partial charge on any atom is -0.456 e. The van der Waals surface area contributed by atoms with E-state index in [1.165, 1.54) is 12.1 Å². The first-order valence-electron chi connectivity index (χ1n) is 8.41. The zero-order valence-electron chi connectivity index (χ0n) is 14.3. The predicted octanol–water partition coefficient (Wildman–Crippen LogP) is 4.69. The van der Waals surface area contributed by atoms with E-state index in [4.69, 9.17) is 16.3 Å². The maximum absolute atomic E-state index is 13.1. The first-order valence-corrected chi connectivity index (χ1v) is 8.79. The minimum absolute atomic E-state index is 0.0557. The number of rotatable bonds is 2. The van der Waals surface area contributed by atoms with Gasteiger partial charge in [0, 0.05) is 23.0 Å². The molecule has 0 unspecified atom stereocenters. The SMILES string of the molecule is O=C1OCC2=C1[C@H](c1ccc(Cl)cc1)CC(=O)N2c1cccc(C(F)(F)F)c1. The molecular formula is C20H13ClF3NO3. The summed E-state index contributed by atoms with van der Waals surface area (Å²) in [5.74, 6) is -1.51. The molecule has 4 rings (SSSR count). The first kappa shape index (κ1) is 18.6. The van der Waals surface area contributed by atoms with Crippen LogP contribution in [0.25, 0.3) is 0 Å². The molecule has 2 aromatic rings. The Kier molecular flexibility index (Phi) is 4.42. The number of halogens is 4. The molecule has 2 aliphatic heterocycles. The summed E-state index contributed by atoms with van der Waals surface area (Å²) < 4.78 is 44.3. The molecule has 0 bridgehead atoms. The third-order valence-electron chi connectivity index (χ3n) is 4.82. The summed E-state index contributed by atoms with van der Waals surface area (Å²) in [7, 11) is 0. The van der Waals surface area contributed by atoms with Gasteiger partial charge in [-0.05, 0) is 35.9 Å². The molecule has 2 aromatic carbocycles. The number of ether oxygens (including phenoxy) is 1. The molecule has 0 radical (unpaired) electrons. The van der Waals surface area contributed by atoms with Crippen molar-refractivity contribution in [3.63, 3.8) is 0 Å². The van der Waals surface area contributed by atoms with Crippen LogP contribution in [-0.4, -0.2) is 18.5 Å². The molecule has 1 amide bonds. The van der Waals surface area contributed by atoms with Gasteiger partial charge in [-0.3, -0.25) is 9.69 Å². The van der Waals surface area contributed by atoms with Crippen LogP contribution in [-0.2, 0) is 20.5 Å². The molecule has 144 valence electrons. The monoisotopic (exact) mass is 407 g/mol. The van der Waals surface area contributed by atoms with Gasteiger partial charge in [-0.2, -0.15) is 13.2 Å². The zero-order chi connectivity index (χ0) is 20.1. The van der Waals surface area contributed by atoms with Crippen LogP contribution < -0.4 is 4.90 Å². The fraction of sp³-hybridized carbons (Fsp3) is 0.200. The van der Waals surface area contributed by atoms with Gasteiger partial charge in [0.25, 0.3) is 0 Å². The summed E-state index contributed by atoms with van der Waals surface area (Å²) in [6.45, 7) is -0.166.